The fourth-order valence-electron chi connectivity index (χ4n) is 4.07. The Bertz CT molecular complexity index is 1730. The Labute approximate surface area is 263 Å². The van der Waals surface area contributed by atoms with Crippen LogP contribution in [0.15, 0.2) is 75.8 Å². The number of benzene rings is 4. The van der Waals surface area contributed by atoms with E-state index >= 15 is 0 Å². The summed E-state index contributed by atoms with van der Waals surface area (Å²) in [6, 6.07) is 15.8. The topological polar surface area (TPSA) is 140 Å². The first-order valence-corrected chi connectivity index (χ1v) is 13.9. The van der Waals surface area contributed by atoms with Gasteiger partial charge in [-0.2, -0.15) is 18.6 Å². The van der Waals surface area contributed by atoms with E-state index < -0.39 is 26.7 Å². The molecule has 0 radical (unpaired) electrons. The normalized spacial score (nSPS) is 11.4. The van der Waals surface area contributed by atoms with E-state index in [0.29, 0.717) is 23.1 Å². The molecule has 40 heavy (non-hydrogen) atoms. The maximum absolute atomic E-state index is 13.5. The molecular weight excluding hydrogens is 588 g/mol. The monoisotopic (exact) mass is 609 g/mol. The van der Waals surface area contributed by atoms with Crippen LogP contribution in [0.3, 0.4) is 0 Å². The van der Waals surface area contributed by atoms with Crippen molar-refractivity contribution in [1.82, 2.24) is 0 Å². The van der Waals surface area contributed by atoms with Crippen LogP contribution < -0.4 is 44.7 Å². The first-order chi connectivity index (χ1) is 18.6. The van der Waals surface area contributed by atoms with Gasteiger partial charge in [-0.1, -0.05) is 66.2 Å². The number of para-hydroxylation sites is 1. The van der Waals surface area contributed by atoms with Crippen molar-refractivity contribution in [1.29, 1.82) is 0 Å². The Hall–Kier alpha value is -2.70. The molecule has 0 bridgehead atoms. The number of amides is 1. The Morgan fingerprint density at radius 3 is 2.42 bits per heavy atom. The van der Waals surface area contributed by atoms with Crippen molar-refractivity contribution in [2.75, 3.05) is 11.9 Å². The molecule has 0 atom stereocenters. The summed E-state index contributed by atoms with van der Waals surface area (Å²) in [5, 5.41) is 25.5. The van der Waals surface area contributed by atoms with Crippen molar-refractivity contribution < 1.29 is 57.2 Å². The fourth-order valence-corrected chi connectivity index (χ4v) is 5.62. The first-order valence-electron chi connectivity index (χ1n) is 11.7. The molecule has 0 aliphatic heterocycles. The van der Waals surface area contributed by atoms with Crippen molar-refractivity contribution in [3.63, 3.8) is 0 Å². The van der Waals surface area contributed by atoms with E-state index in [1.807, 2.05) is 0 Å². The number of fused-ring (bicyclic) bond motifs is 1. The zero-order valence-corrected chi connectivity index (χ0v) is 26.1. The van der Waals surface area contributed by atoms with Gasteiger partial charge in [-0.05, 0) is 49.1 Å². The third kappa shape index (κ3) is 6.60. The smallest absolute Gasteiger partial charge is 0.870 e. The zero-order valence-electron chi connectivity index (χ0n) is 21.7. The van der Waals surface area contributed by atoms with E-state index in [-0.39, 0.29) is 74.2 Å². The van der Waals surface area contributed by atoms with Crippen LogP contribution in [0.4, 0.5) is 17.1 Å². The fraction of sp³-hybridized carbons (Fsp3) is 0.148. The van der Waals surface area contributed by atoms with Crippen molar-refractivity contribution in [2.45, 2.75) is 25.2 Å². The molecule has 4 rings (SSSR count). The van der Waals surface area contributed by atoms with E-state index in [2.05, 4.69) is 15.5 Å². The van der Waals surface area contributed by atoms with E-state index in [9.17, 15) is 22.9 Å². The Morgan fingerprint density at radius 2 is 1.75 bits per heavy atom. The van der Waals surface area contributed by atoms with Gasteiger partial charge in [0.05, 0.1) is 28.0 Å². The molecule has 0 spiro atoms. The predicted octanol–water partition coefficient (Wildman–Crippen LogP) is 4.10. The number of nitrogens with zero attached hydrogens (tertiary/aromatic N) is 2. The minimum atomic E-state index is -4.65. The molecule has 4 aromatic rings. The van der Waals surface area contributed by atoms with Gasteiger partial charge in [-0.3, -0.25) is 9.35 Å². The molecule has 2 N–H and O–H groups in total. The Kier molecular flexibility index (Phi) is 10.6. The van der Waals surface area contributed by atoms with Gasteiger partial charge < -0.3 is 15.2 Å². The second kappa shape index (κ2) is 13.3. The van der Waals surface area contributed by atoms with Gasteiger partial charge in [-0.25, -0.2) is 0 Å². The van der Waals surface area contributed by atoms with Crippen molar-refractivity contribution >= 4 is 67.1 Å². The number of halogens is 2. The molecule has 0 unspecified atom stereocenters. The van der Waals surface area contributed by atoms with Gasteiger partial charge in [0.2, 0.25) is 0 Å². The van der Waals surface area contributed by atoms with Crippen LogP contribution in [0.5, 0.6) is 11.5 Å². The van der Waals surface area contributed by atoms with Crippen LogP contribution >= 0.6 is 23.2 Å². The summed E-state index contributed by atoms with van der Waals surface area (Å²) in [7, 11) is -4.65. The van der Waals surface area contributed by atoms with Gasteiger partial charge in [0.15, 0.2) is 0 Å². The van der Waals surface area contributed by atoms with Crippen LogP contribution in [0.2, 0.25) is 10.0 Å². The summed E-state index contributed by atoms with van der Waals surface area (Å²) in [5.41, 5.74) is 0.0865. The maximum atomic E-state index is 13.5. The number of rotatable bonds is 8. The molecule has 0 fully saturated rings. The van der Waals surface area contributed by atoms with E-state index in [0.717, 1.165) is 0 Å². The van der Waals surface area contributed by atoms with Crippen molar-refractivity contribution in [2.24, 2.45) is 10.2 Å². The van der Waals surface area contributed by atoms with Crippen LogP contribution in [0.1, 0.15) is 29.8 Å². The summed E-state index contributed by atoms with van der Waals surface area (Å²) < 4.78 is 39.1. The second-order valence-electron chi connectivity index (χ2n) is 8.23. The van der Waals surface area contributed by atoms with E-state index in [4.69, 9.17) is 27.9 Å². The van der Waals surface area contributed by atoms with Gasteiger partial charge in [0.1, 0.15) is 16.3 Å². The van der Waals surface area contributed by atoms with Crippen LogP contribution in [0.25, 0.3) is 10.8 Å². The molecule has 0 aromatic heterocycles. The number of azo groups is 1. The van der Waals surface area contributed by atoms with Crippen molar-refractivity contribution in [3.05, 3.63) is 81.8 Å². The quantitative estimate of drug-likeness (QED) is 0.175. The molecule has 202 valence electrons. The van der Waals surface area contributed by atoms with Crippen LogP contribution in [-0.2, 0) is 16.5 Å². The molecule has 0 saturated heterocycles. The molecule has 0 saturated carbocycles. The maximum Gasteiger partial charge on any atom is 1.00 e. The number of anilines is 1. The molecule has 4 aromatic carbocycles. The van der Waals surface area contributed by atoms with E-state index in [1.165, 1.54) is 18.2 Å². The molecule has 0 aliphatic carbocycles. The summed E-state index contributed by atoms with van der Waals surface area (Å²) in [6.45, 7) is 3.77. The van der Waals surface area contributed by atoms with Crippen LogP contribution in [-0.4, -0.2) is 25.5 Å². The molecule has 0 aliphatic rings. The largest absolute Gasteiger partial charge is 1.00 e. The number of carbonyl (C=O) groups excluding carboxylic acids is 1. The first kappa shape index (κ1) is 31.8. The molecule has 0 heterocycles. The van der Waals surface area contributed by atoms with Gasteiger partial charge in [-0.15, -0.1) is 0 Å². The SMILES string of the molecule is CCOc1cccc(Cl)c1NC(=O)c1cc2ccccc2c(N=Nc2ccc(Cl)c(S(=O)(=O)O)c2CC)c1[O-].[Na+]. The standard InChI is InChI=1S/C27H23Cl2N3O6S.Na/c1-3-16-21(13-12-20(29)26(16)39(35,36)37)31-32-23-17-9-6-5-8-15(17)14-18(25(23)33)27(34)30-24-19(28)10-7-11-22(24)38-4-2;/h5-14,33H,3-4H2,1-2H3,(H,30,34)(H,35,36,37);/q;+1/p-1. The molecule has 9 nitrogen and oxygen atoms in total. The van der Waals surface area contributed by atoms with Crippen molar-refractivity contribution in [3.8, 4) is 11.5 Å². The third-order valence-electron chi connectivity index (χ3n) is 5.79. The summed E-state index contributed by atoms with van der Waals surface area (Å²) in [6.07, 6.45) is 0.150. The van der Waals surface area contributed by atoms with Gasteiger partial charge in [0, 0.05) is 16.5 Å². The predicted molar refractivity (Wildman–Crippen MR) is 149 cm³/mol. The average Bonchev–Trinajstić information content (AvgIpc) is 2.89. The summed E-state index contributed by atoms with van der Waals surface area (Å²) in [5.74, 6) is -1.09. The van der Waals surface area contributed by atoms with Crippen LogP contribution in [0, 0.1) is 0 Å². The summed E-state index contributed by atoms with van der Waals surface area (Å²) >= 11 is 12.3. The number of hydrogen-bond donors (Lipinski definition) is 2. The number of hydrogen-bond acceptors (Lipinski definition) is 7. The molecule has 13 heteroatoms. The van der Waals surface area contributed by atoms with E-state index in [1.54, 1.807) is 56.3 Å². The average molecular weight is 610 g/mol. The summed E-state index contributed by atoms with van der Waals surface area (Å²) in [4.78, 5) is 12.8. The number of carbonyl (C=O) groups is 1. The molecule has 1 amide bonds. The Balaban J connectivity index is 0.00000441. The third-order valence-corrected chi connectivity index (χ3v) is 7.52. The van der Waals surface area contributed by atoms with Gasteiger partial charge >= 0.3 is 29.6 Å². The number of nitrogens with one attached hydrogen (secondary N) is 1. The Morgan fingerprint density at radius 1 is 1.02 bits per heavy atom. The zero-order chi connectivity index (χ0) is 28.3. The van der Waals surface area contributed by atoms with Gasteiger partial charge in [0.25, 0.3) is 16.0 Å². The minimum absolute atomic E-state index is 0. The number of ether oxygens (including phenoxy) is 1. The second-order valence-corrected chi connectivity index (χ2v) is 10.4. The molecular formula is C27H22Cl2N3NaO6S. The minimum Gasteiger partial charge on any atom is -0.870 e.